The van der Waals surface area contributed by atoms with Crippen LogP contribution in [0, 0.1) is 5.92 Å². The minimum atomic E-state index is 0.268. The van der Waals surface area contributed by atoms with Gasteiger partial charge in [0.1, 0.15) is 0 Å². The van der Waals surface area contributed by atoms with Crippen molar-refractivity contribution in [2.24, 2.45) is 5.92 Å². The summed E-state index contributed by atoms with van der Waals surface area (Å²) in [5.74, 6) is 0.776. The molecule has 1 aliphatic rings. The van der Waals surface area contributed by atoms with E-state index in [4.69, 9.17) is 16.3 Å². The summed E-state index contributed by atoms with van der Waals surface area (Å²) in [6.07, 6.45) is 5.02. The van der Waals surface area contributed by atoms with Crippen molar-refractivity contribution in [2.75, 3.05) is 6.61 Å². The molecule has 1 saturated carbocycles. The highest BCUT2D eigenvalue weighted by atomic mass is 35.5. The lowest BCUT2D eigenvalue weighted by Gasteiger charge is -2.36. The highest BCUT2D eigenvalue weighted by Gasteiger charge is 2.30. The van der Waals surface area contributed by atoms with Crippen molar-refractivity contribution in [1.82, 2.24) is 0 Å². The molecular formula is C15H21ClO. The summed E-state index contributed by atoms with van der Waals surface area (Å²) in [4.78, 5) is 0. The highest BCUT2D eigenvalue weighted by Crippen LogP contribution is 2.35. The van der Waals surface area contributed by atoms with E-state index in [0.717, 1.165) is 25.4 Å². The van der Waals surface area contributed by atoms with E-state index in [-0.39, 0.29) is 5.38 Å². The van der Waals surface area contributed by atoms with E-state index < -0.39 is 0 Å². The molecule has 1 fully saturated rings. The molecule has 0 saturated heterocycles. The summed E-state index contributed by atoms with van der Waals surface area (Å²) >= 11 is 6.41. The van der Waals surface area contributed by atoms with Crippen molar-refractivity contribution in [3.63, 3.8) is 0 Å². The monoisotopic (exact) mass is 252 g/mol. The summed E-state index contributed by atoms with van der Waals surface area (Å²) in [6.45, 7) is 2.90. The molecule has 0 amide bonds. The molecule has 1 atom stereocenters. The molecule has 94 valence electrons. The van der Waals surface area contributed by atoms with Gasteiger partial charge in [0.05, 0.1) is 6.10 Å². The van der Waals surface area contributed by atoms with Crippen LogP contribution in [-0.2, 0) is 11.2 Å². The fourth-order valence-electron chi connectivity index (χ4n) is 2.55. The maximum absolute atomic E-state index is 6.41. The molecule has 1 aromatic carbocycles. The van der Waals surface area contributed by atoms with Crippen LogP contribution >= 0.6 is 11.6 Å². The molecule has 1 aromatic rings. The van der Waals surface area contributed by atoms with Gasteiger partial charge in [-0.1, -0.05) is 30.3 Å². The van der Waals surface area contributed by atoms with Crippen LogP contribution in [0.15, 0.2) is 30.3 Å². The zero-order chi connectivity index (χ0) is 12.1. The van der Waals surface area contributed by atoms with Crippen LogP contribution in [0.3, 0.4) is 0 Å². The zero-order valence-corrected chi connectivity index (χ0v) is 11.2. The average Bonchev–Trinajstić information content (AvgIpc) is 2.27. The first-order valence-corrected chi connectivity index (χ1v) is 7.01. The first-order valence-electron chi connectivity index (χ1n) is 6.57. The van der Waals surface area contributed by atoms with Gasteiger partial charge in [-0.15, -0.1) is 11.6 Å². The van der Waals surface area contributed by atoms with Crippen molar-refractivity contribution in [3.05, 3.63) is 35.9 Å². The second kappa shape index (κ2) is 6.42. The Hall–Kier alpha value is -0.530. The number of rotatable bonds is 6. The van der Waals surface area contributed by atoms with E-state index in [0.29, 0.717) is 6.10 Å². The van der Waals surface area contributed by atoms with Crippen molar-refractivity contribution in [1.29, 1.82) is 0 Å². The molecule has 2 heteroatoms. The van der Waals surface area contributed by atoms with Crippen LogP contribution in [-0.4, -0.2) is 18.1 Å². The topological polar surface area (TPSA) is 9.23 Å². The summed E-state index contributed by atoms with van der Waals surface area (Å²) in [7, 11) is 0. The Kier molecular flexibility index (Phi) is 4.87. The molecule has 2 rings (SSSR count). The molecule has 1 nitrogen and oxygen atoms in total. The van der Waals surface area contributed by atoms with Gasteiger partial charge in [-0.3, -0.25) is 0 Å². The van der Waals surface area contributed by atoms with Crippen LogP contribution in [0.4, 0.5) is 0 Å². The van der Waals surface area contributed by atoms with E-state index in [1.807, 2.05) is 6.07 Å². The smallest absolute Gasteiger partial charge is 0.0580 e. The second-order valence-corrected chi connectivity index (χ2v) is 5.55. The lowest BCUT2D eigenvalue weighted by Crippen LogP contribution is -2.33. The summed E-state index contributed by atoms with van der Waals surface area (Å²) in [5.41, 5.74) is 1.34. The molecule has 0 aliphatic heterocycles. The predicted octanol–water partition coefficient (Wildman–Crippen LogP) is 4.04. The van der Waals surface area contributed by atoms with Crippen LogP contribution in [0.5, 0.6) is 0 Å². The molecule has 1 unspecified atom stereocenters. The lowest BCUT2D eigenvalue weighted by molar-refractivity contribution is -0.0266. The Morgan fingerprint density at radius 1 is 1.29 bits per heavy atom. The lowest BCUT2D eigenvalue weighted by atomic mass is 9.78. The Bertz CT molecular complexity index is 319. The Morgan fingerprint density at radius 2 is 2.00 bits per heavy atom. The van der Waals surface area contributed by atoms with E-state index in [9.17, 15) is 0 Å². The van der Waals surface area contributed by atoms with Gasteiger partial charge in [0.25, 0.3) is 0 Å². The van der Waals surface area contributed by atoms with Gasteiger partial charge in [0.2, 0.25) is 0 Å². The zero-order valence-electron chi connectivity index (χ0n) is 10.4. The quantitative estimate of drug-likeness (QED) is 0.695. The van der Waals surface area contributed by atoms with Gasteiger partial charge in [0.15, 0.2) is 0 Å². The molecule has 0 radical (unpaired) electrons. The van der Waals surface area contributed by atoms with Gasteiger partial charge in [-0.25, -0.2) is 0 Å². The largest absolute Gasteiger partial charge is 0.378 e. The number of hydrogen-bond donors (Lipinski definition) is 0. The SMILES string of the molecule is CCOC1CC(CC(Cl)Cc2ccccc2)C1. The van der Waals surface area contributed by atoms with Gasteiger partial charge in [-0.2, -0.15) is 0 Å². The molecule has 1 aliphatic carbocycles. The fourth-order valence-corrected chi connectivity index (χ4v) is 2.98. The third-order valence-corrected chi connectivity index (χ3v) is 3.82. The average molecular weight is 253 g/mol. The summed E-state index contributed by atoms with van der Waals surface area (Å²) in [6, 6.07) is 10.5. The summed E-state index contributed by atoms with van der Waals surface area (Å²) < 4.78 is 5.56. The first-order chi connectivity index (χ1) is 8.28. The Morgan fingerprint density at radius 3 is 2.65 bits per heavy atom. The van der Waals surface area contributed by atoms with Gasteiger partial charge in [-0.05, 0) is 44.1 Å². The number of halogens is 1. The molecule has 0 N–H and O–H groups in total. The first kappa shape index (κ1) is 12.9. The number of benzene rings is 1. The van der Waals surface area contributed by atoms with E-state index in [1.54, 1.807) is 0 Å². The Labute approximate surface area is 109 Å². The van der Waals surface area contributed by atoms with Crippen molar-refractivity contribution in [3.8, 4) is 0 Å². The standard InChI is InChI=1S/C15H21ClO/c1-2-17-15-10-13(11-15)9-14(16)8-12-6-4-3-5-7-12/h3-7,13-15H,2,8-11H2,1H3. The van der Waals surface area contributed by atoms with E-state index >= 15 is 0 Å². The molecule has 0 bridgehead atoms. The second-order valence-electron chi connectivity index (χ2n) is 4.94. The van der Waals surface area contributed by atoms with Crippen LogP contribution in [0.1, 0.15) is 31.7 Å². The van der Waals surface area contributed by atoms with E-state index in [1.165, 1.54) is 18.4 Å². The minimum absolute atomic E-state index is 0.268. The van der Waals surface area contributed by atoms with Crippen molar-refractivity contribution in [2.45, 2.75) is 44.1 Å². The number of hydrogen-bond acceptors (Lipinski definition) is 1. The number of ether oxygens (including phenoxy) is 1. The molecule has 0 spiro atoms. The minimum Gasteiger partial charge on any atom is -0.378 e. The van der Waals surface area contributed by atoms with Crippen LogP contribution in [0.2, 0.25) is 0 Å². The van der Waals surface area contributed by atoms with Crippen LogP contribution < -0.4 is 0 Å². The van der Waals surface area contributed by atoms with Crippen molar-refractivity contribution < 1.29 is 4.74 Å². The maximum Gasteiger partial charge on any atom is 0.0580 e. The van der Waals surface area contributed by atoms with Gasteiger partial charge < -0.3 is 4.74 Å². The van der Waals surface area contributed by atoms with E-state index in [2.05, 4.69) is 31.2 Å². The number of alkyl halides is 1. The summed E-state index contributed by atoms with van der Waals surface area (Å²) in [5, 5.41) is 0.268. The third-order valence-electron chi connectivity index (χ3n) is 3.48. The fraction of sp³-hybridized carbons (Fsp3) is 0.600. The van der Waals surface area contributed by atoms with Gasteiger partial charge in [0, 0.05) is 12.0 Å². The molecular weight excluding hydrogens is 232 g/mol. The van der Waals surface area contributed by atoms with Crippen LogP contribution in [0.25, 0.3) is 0 Å². The predicted molar refractivity (Wildman–Crippen MR) is 72.5 cm³/mol. The highest BCUT2D eigenvalue weighted by molar-refractivity contribution is 6.20. The Balaban J connectivity index is 1.67. The molecule has 17 heavy (non-hydrogen) atoms. The molecule has 0 heterocycles. The third kappa shape index (κ3) is 4.01. The maximum atomic E-state index is 6.41. The molecule has 0 aromatic heterocycles. The van der Waals surface area contributed by atoms with Crippen molar-refractivity contribution >= 4 is 11.6 Å². The normalized spacial score (nSPS) is 25.3. The van der Waals surface area contributed by atoms with Gasteiger partial charge >= 0.3 is 0 Å².